The molecule has 12 nitrogen and oxygen atoms in total. The van der Waals surface area contributed by atoms with Crippen LogP contribution in [0.15, 0.2) is 0 Å². The fraction of sp³-hybridized carbons (Fsp3) is 0.946. The van der Waals surface area contributed by atoms with E-state index in [9.17, 15) is 9.59 Å². The van der Waals surface area contributed by atoms with E-state index in [4.69, 9.17) is 47.4 Å². The lowest BCUT2D eigenvalue weighted by Crippen LogP contribution is -2.15. The van der Waals surface area contributed by atoms with Gasteiger partial charge in [-0.05, 0) is 12.8 Å². The predicted octanol–water partition coefficient (Wildman–Crippen LogP) is 6.10. The molecule has 0 spiro atoms. The number of unbranched alkanes of at least 4 members (excludes halogenated alkanes) is 11. The molecule has 0 amide bonds. The first kappa shape index (κ1) is 47.6. The molecule has 0 aliphatic carbocycles. The molecule has 0 rings (SSSR count). The van der Waals surface area contributed by atoms with Crippen LogP contribution in [0.5, 0.6) is 0 Å². The highest BCUT2D eigenvalue weighted by molar-refractivity contribution is 5.69. The Morgan fingerprint density at radius 2 is 0.490 bits per heavy atom. The summed E-state index contributed by atoms with van der Waals surface area (Å²) in [6.07, 6.45) is 16.3. The van der Waals surface area contributed by atoms with Crippen molar-refractivity contribution in [3.63, 3.8) is 0 Å². The van der Waals surface area contributed by atoms with Gasteiger partial charge < -0.3 is 47.4 Å². The average molecular weight is 709 g/mol. The van der Waals surface area contributed by atoms with Gasteiger partial charge in [-0.1, -0.05) is 84.5 Å². The smallest absolute Gasteiger partial charge is 0.305 e. The first-order valence-electron chi connectivity index (χ1n) is 19.1. The van der Waals surface area contributed by atoms with Crippen LogP contribution in [0, 0.1) is 0 Å². The molecule has 0 atom stereocenters. The van der Waals surface area contributed by atoms with Gasteiger partial charge in [-0.15, -0.1) is 0 Å². The summed E-state index contributed by atoms with van der Waals surface area (Å²) in [5.74, 6) is -0.291. The van der Waals surface area contributed by atoms with Gasteiger partial charge in [0.25, 0.3) is 0 Å². The van der Waals surface area contributed by atoms with Crippen LogP contribution >= 0.6 is 0 Å². The minimum Gasteiger partial charge on any atom is -0.463 e. The van der Waals surface area contributed by atoms with E-state index in [1.165, 1.54) is 44.9 Å². The molecule has 0 aromatic heterocycles. The molecule has 49 heavy (non-hydrogen) atoms. The molecule has 0 aliphatic rings. The van der Waals surface area contributed by atoms with Crippen molar-refractivity contribution in [2.45, 2.75) is 110 Å². The molecule has 0 aromatic carbocycles. The van der Waals surface area contributed by atoms with Crippen molar-refractivity contribution in [3.8, 4) is 0 Å². The van der Waals surface area contributed by atoms with Crippen molar-refractivity contribution >= 4 is 11.9 Å². The van der Waals surface area contributed by atoms with Gasteiger partial charge >= 0.3 is 11.9 Å². The third kappa shape index (κ3) is 42.7. The standard InChI is InChI=1S/C37H72O12/c1-3-5-7-9-10-11-12-13-15-17-37(39)49-35-33-47-31-29-45-27-25-43-23-21-41-19-18-40-20-22-42-24-26-44-28-30-46-32-34-48-36(38)16-14-8-6-4-2/h3-35H2,1-2H3. The number of hydrogen-bond acceptors (Lipinski definition) is 12. The Bertz CT molecular complexity index is 667. The first-order valence-corrected chi connectivity index (χ1v) is 19.1. The fourth-order valence-corrected chi connectivity index (χ4v) is 4.49. The summed E-state index contributed by atoms with van der Waals surface area (Å²) in [5, 5.41) is 0. The van der Waals surface area contributed by atoms with E-state index in [-0.39, 0.29) is 25.2 Å². The zero-order valence-electron chi connectivity index (χ0n) is 31.2. The van der Waals surface area contributed by atoms with Crippen molar-refractivity contribution in [2.24, 2.45) is 0 Å². The van der Waals surface area contributed by atoms with Gasteiger partial charge in [-0.25, -0.2) is 0 Å². The largest absolute Gasteiger partial charge is 0.463 e. The van der Waals surface area contributed by atoms with E-state index in [2.05, 4.69) is 13.8 Å². The van der Waals surface area contributed by atoms with Gasteiger partial charge in [0.2, 0.25) is 0 Å². The van der Waals surface area contributed by atoms with Crippen molar-refractivity contribution in [2.75, 3.05) is 119 Å². The predicted molar refractivity (Wildman–Crippen MR) is 189 cm³/mol. The van der Waals surface area contributed by atoms with E-state index in [0.717, 1.165) is 38.5 Å². The monoisotopic (exact) mass is 709 g/mol. The zero-order valence-corrected chi connectivity index (χ0v) is 31.2. The van der Waals surface area contributed by atoms with Crippen molar-refractivity contribution in [1.29, 1.82) is 0 Å². The molecule has 0 bridgehead atoms. The number of carbonyl (C=O) groups excluding carboxylic acids is 2. The van der Waals surface area contributed by atoms with Gasteiger partial charge in [0.15, 0.2) is 0 Å². The van der Waals surface area contributed by atoms with Crippen LogP contribution in [0.1, 0.15) is 110 Å². The number of ether oxygens (including phenoxy) is 10. The molecule has 0 N–H and O–H groups in total. The SMILES string of the molecule is CCCCCCCCCCCC(=O)OCCOCCOCCOCCOCCOCCOCCOCCOCCOC(=O)CCCCCC. The first-order chi connectivity index (χ1) is 24.2. The molecule has 12 heteroatoms. The van der Waals surface area contributed by atoms with Crippen molar-refractivity contribution in [3.05, 3.63) is 0 Å². The van der Waals surface area contributed by atoms with Gasteiger partial charge in [0, 0.05) is 12.8 Å². The highest BCUT2D eigenvalue weighted by atomic mass is 16.6. The maximum atomic E-state index is 11.8. The summed E-state index contributed by atoms with van der Waals surface area (Å²) in [7, 11) is 0. The molecule has 0 saturated heterocycles. The normalized spacial score (nSPS) is 11.3. The highest BCUT2D eigenvalue weighted by Crippen LogP contribution is 2.10. The highest BCUT2D eigenvalue weighted by Gasteiger charge is 2.04. The van der Waals surface area contributed by atoms with E-state index in [1.807, 2.05) is 0 Å². The Hall–Kier alpha value is -1.38. The summed E-state index contributed by atoms with van der Waals surface area (Å²) >= 11 is 0. The van der Waals surface area contributed by atoms with Crippen LogP contribution in [-0.4, -0.2) is 131 Å². The average Bonchev–Trinajstić information content (AvgIpc) is 3.10. The minimum atomic E-state index is -0.153. The second kappa shape index (κ2) is 42.8. The topological polar surface area (TPSA) is 126 Å². The molecular weight excluding hydrogens is 636 g/mol. The van der Waals surface area contributed by atoms with Crippen LogP contribution in [0.25, 0.3) is 0 Å². The molecule has 292 valence electrons. The van der Waals surface area contributed by atoms with Gasteiger partial charge in [0.05, 0.1) is 106 Å². The van der Waals surface area contributed by atoms with E-state index in [0.29, 0.717) is 119 Å². The van der Waals surface area contributed by atoms with Crippen LogP contribution in [-0.2, 0) is 57.0 Å². The summed E-state index contributed by atoms with van der Waals surface area (Å²) < 4.78 is 54.0. The molecule has 0 aliphatic heterocycles. The molecule has 0 fully saturated rings. The van der Waals surface area contributed by atoms with Crippen LogP contribution in [0.3, 0.4) is 0 Å². The Morgan fingerprint density at radius 1 is 0.286 bits per heavy atom. The van der Waals surface area contributed by atoms with Crippen molar-refractivity contribution in [1.82, 2.24) is 0 Å². The summed E-state index contributed by atoms with van der Waals surface area (Å²) in [4.78, 5) is 23.3. The maximum Gasteiger partial charge on any atom is 0.305 e. The minimum absolute atomic E-state index is 0.138. The quantitative estimate of drug-likeness (QED) is 0.0538. The van der Waals surface area contributed by atoms with Gasteiger partial charge in [-0.2, -0.15) is 0 Å². The molecule has 0 aromatic rings. The number of esters is 2. The second-order valence-corrected chi connectivity index (χ2v) is 11.7. The van der Waals surface area contributed by atoms with Gasteiger partial charge in [0.1, 0.15) is 13.2 Å². The zero-order chi connectivity index (χ0) is 35.6. The summed E-state index contributed by atoms with van der Waals surface area (Å²) in [5.41, 5.74) is 0. The second-order valence-electron chi connectivity index (χ2n) is 11.7. The number of rotatable bonds is 42. The van der Waals surface area contributed by atoms with Crippen molar-refractivity contribution < 1.29 is 57.0 Å². The Morgan fingerprint density at radius 3 is 0.755 bits per heavy atom. The lowest BCUT2D eigenvalue weighted by molar-refractivity contribution is -0.146. The Labute approximate surface area is 297 Å². The molecule has 0 saturated carbocycles. The van der Waals surface area contributed by atoms with Gasteiger partial charge in [-0.3, -0.25) is 9.59 Å². The molecule has 0 heterocycles. The van der Waals surface area contributed by atoms with E-state index in [1.54, 1.807) is 0 Å². The van der Waals surface area contributed by atoms with E-state index >= 15 is 0 Å². The fourth-order valence-electron chi connectivity index (χ4n) is 4.49. The molecule has 0 radical (unpaired) electrons. The number of hydrogen-bond donors (Lipinski definition) is 0. The summed E-state index contributed by atoms with van der Waals surface area (Å²) in [6, 6.07) is 0. The summed E-state index contributed by atoms with van der Waals surface area (Å²) in [6.45, 7) is 12.4. The van der Waals surface area contributed by atoms with Crippen LogP contribution in [0.4, 0.5) is 0 Å². The Kier molecular flexibility index (Phi) is 41.6. The van der Waals surface area contributed by atoms with Crippen LogP contribution in [0.2, 0.25) is 0 Å². The number of carbonyl (C=O) groups is 2. The molecular formula is C37H72O12. The van der Waals surface area contributed by atoms with E-state index < -0.39 is 0 Å². The van der Waals surface area contributed by atoms with Crippen LogP contribution < -0.4 is 0 Å². The third-order valence-corrected chi connectivity index (χ3v) is 7.30. The maximum absolute atomic E-state index is 11.8. The lowest BCUT2D eigenvalue weighted by atomic mass is 10.1. The Balaban J connectivity index is 3.14. The third-order valence-electron chi connectivity index (χ3n) is 7.30. The molecule has 0 unspecified atom stereocenters. The lowest BCUT2D eigenvalue weighted by Gasteiger charge is -2.09.